The molecule has 0 aromatic carbocycles. The molecule has 21 heavy (non-hydrogen) atoms. The lowest BCUT2D eigenvalue weighted by Crippen LogP contribution is -2.52. The lowest BCUT2D eigenvalue weighted by atomic mass is 10.2. The molecular weight excluding hydrogens is 272 g/mol. The van der Waals surface area contributed by atoms with Crippen molar-refractivity contribution < 1.29 is 14.7 Å². The van der Waals surface area contributed by atoms with Crippen molar-refractivity contribution in [1.29, 1.82) is 0 Å². The van der Waals surface area contributed by atoms with E-state index < -0.39 is 11.9 Å². The third-order valence-corrected chi connectivity index (χ3v) is 3.52. The van der Waals surface area contributed by atoms with Crippen molar-refractivity contribution in [3.8, 4) is 0 Å². The monoisotopic (exact) mass is 292 g/mol. The number of aromatic nitrogens is 1. The van der Waals surface area contributed by atoms with Crippen molar-refractivity contribution in [1.82, 2.24) is 15.2 Å². The van der Waals surface area contributed by atoms with Crippen molar-refractivity contribution in [2.24, 2.45) is 5.92 Å². The van der Waals surface area contributed by atoms with Gasteiger partial charge in [-0.1, -0.05) is 13.0 Å². The molecule has 1 aliphatic heterocycles. The maximum absolute atomic E-state index is 12.0. The van der Waals surface area contributed by atoms with Crippen LogP contribution in [0.15, 0.2) is 24.4 Å². The molecule has 1 saturated heterocycles. The number of carboxylic acids is 1. The van der Waals surface area contributed by atoms with Crippen LogP contribution in [-0.2, 0) is 4.79 Å². The second kappa shape index (κ2) is 6.92. The molecule has 114 valence electrons. The van der Waals surface area contributed by atoms with Crippen LogP contribution in [0.1, 0.15) is 6.92 Å². The Hall–Kier alpha value is -2.31. The zero-order chi connectivity index (χ0) is 15.2. The number of nitrogens with one attached hydrogen (secondary N) is 1. The lowest BCUT2D eigenvalue weighted by molar-refractivity contribution is -0.140. The number of aliphatic carboxylic acids is 1. The fourth-order valence-electron chi connectivity index (χ4n) is 2.12. The third kappa shape index (κ3) is 4.08. The molecule has 1 aliphatic rings. The van der Waals surface area contributed by atoms with Crippen LogP contribution in [0.3, 0.4) is 0 Å². The van der Waals surface area contributed by atoms with Crippen LogP contribution in [0.4, 0.5) is 10.6 Å². The molecule has 0 aliphatic carbocycles. The van der Waals surface area contributed by atoms with Gasteiger partial charge in [0.25, 0.3) is 0 Å². The van der Waals surface area contributed by atoms with Crippen molar-refractivity contribution in [2.75, 3.05) is 37.6 Å². The number of hydrogen-bond donors (Lipinski definition) is 2. The summed E-state index contributed by atoms with van der Waals surface area (Å²) in [6.45, 7) is 4.36. The predicted molar refractivity (Wildman–Crippen MR) is 78.2 cm³/mol. The number of pyridine rings is 1. The van der Waals surface area contributed by atoms with Gasteiger partial charge >= 0.3 is 12.0 Å². The van der Waals surface area contributed by atoms with E-state index in [0.29, 0.717) is 13.1 Å². The van der Waals surface area contributed by atoms with Crippen molar-refractivity contribution in [2.45, 2.75) is 6.92 Å². The fraction of sp³-hybridized carbons (Fsp3) is 0.500. The SMILES string of the molecule is CC(CNC(=O)N1CCN(c2ccccn2)CC1)C(=O)O. The van der Waals surface area contributed by atoms with E-state index in [-0.39, 0.29) is 12.6 Å². The minimum Gasteiger partial charge on any atom is -0.481 e. The molecule has 7 heteroatoms. The van der Waals surface area contributed by atoms with Crippen LogP contribution >= 0.6 is 0 Å². The molecule has 1 fully saturated rings. The molecular formula is C14H20N4O3. The Morgan fingerprint density at radius 1 is 1.33 bits per heavy atom. The summed E-state index contributed by atoms with van der Waals surface area (Å²) in [5, 5.41) is 11.4. The molecule has 2 N–H and O–H groups in total. The lowest BCUT2D eigenvalue weighted by Gasteiger charge is -2.35. The maximum atomic E-state index is 12.0. The molecule has 7 nitrogen and oxygen atoms in total. The highest BCUT2D eigenvalue weighted by atomic mass is 16.4. The van der Waals surface area contributed by atoms with E-state index in [4.69, 9.17) is 5.11 Å². The van der Waals surface area contributed by atoms with Gasteiger partial charge in [-0.3, -0.25) is 4.79 Å². The maximum Gasteiger partial charge on any atom is 0.317 e. The van der Waals surface area contributed by atoms with E-state index >= 15 is 0 Å². The Balaban J connectivity index is 1.78. The van der Waals surface area contributed by atoms with E-state index in [0.717, 1.165) is 18.9 Å². The van der Waals surface area contributed by atoms with E-state index in [1.165, 1.54) is 0 Å². The quantitative estimate of drug-likeness (QED) is 0.850. The first kappa shape index (κ1) is 15.1. The topological polar surface area (TPSA) is 85.8 Å². The Morgan fingerprint density at radius 3 is 2.62 bits per heavy atom. The molecule has 1 aromatic rings. The summed E-state index contributed by atoms with van der Waals surface area (Å²) < 4.78 is 0. The molecule has 2 amide bonds. The normalized spacial score (nSPS) is 16.4. The smallest absolute Gasteiger partial charge is 0.317 e. The Bertz CT molecular complexity index is 486. The average molecular weight is 292 g/mol. The van der Waals surface area contributed by atoms with Crippen LogP contribution in [-0.4, -0.2) is 59.7 Å². The van der Waals surface area contributed by atoms with E-state index in [1.807, 2.05) is 18.2 Å². The number of hydrogen-bond acceptors (Lipinski definition) is 4. The summed E-state index contributed by atoms with van der Waals surface area (Å²) in [6.07, 6.45) is 1.75. The molecule has 2 rings (SSSR count). The van der Waals surface area contributed by atoms with Crippen LogP contribution < -0.4 is 10.2 Å². The van der Waals surface area contributed by atoms with Gasteiger partial charge in [0.15, 0.2) is 0 Å². The standard InChI is InChI=1S/C14H20N4O3/c1-11(13(19)20)10-16-14(21)18-8-6-17(7-9-18)12-4-2-3-5-15-12/h2-5,11H,6-10H2,1H3,(H,16,21)(H,19,20). The summed E-state index contributed by atoms with van der Waals surface area (Å²) in [7, 11) is 0. The Morgan fingerprint density at radius 2 is 2.05 bits per heavy atom. The van der Waals surface area contributed by atoms with Crippen LogP contribution in [0.5, 0.6) is 0 Å². The van der Waals surface area contributed by atoms with Gasteiger partial charge in [-0.15, -0.1) is 0 Å². The van der Waals surface area contributed by atoms with Gasteiger partial charge in [0, 0.05) is 38.9 Å². The van der Waals surface area contributed by atoms with Crippen LogP contribution in [0.25, 0.3) is 0 Å². The van der Waals surface area contributed by atoms with Crippen molar-refractivity contribution in [3.05, 3.63) is 24.4 Å². The fourth-order valence-corrected chi connectivity index (χ4v) is 2.12. The summed E-state index contributed by atoms with van der Waals surface area (Å²) in [4.78, 5) is 30.8. The summed E-state index contributed by atoms with van der Waals surface area (Å²) in [5.74, 6) is -0.573. The van der Waals surface area contributed by atoms with Gasteiger partial charge < -0.3 is 20.2 Å². The largest absolute Gasteiger partial charge is 0.481 e. The Labute approximate surface area is 123 Å². The number of carbonyl (C=O) groups excluding carboxylic acids is 1. The number of piperazine rings is 1. The highest BCUT2D eigenvalue weighted by Gasteiger charge is 2.22. The van der Waals surface area contributed by atoms with Gasteiger partial charge in [-0.2, -0.15) is 0 Å². The minimum absolute atomic E-state index is 0.147. The van der Waals surface area contributed by atoms with Crippen molar-refractivity contribution >= 4 is 17.8 Å². The van der Waals surface area contributed by atoms with Gasteiger partial charge in [0.2, 0.25) is 0 Å². The van der Waals surface area contributed by atoms with Crippen LogP contribution in [0.2, 0.25) is 0 Å². The number of nitrogens with zero attached hydrogens (tertiary/aromatic N) is 3. The predicted octanol–water partition coefficient (Wildman–Crippen LogP) is 0.634. The Kier molecular flexibility index (Phi) is 4.97. The second-order valence-electron chi connectivity index (χ2n) is 5.09. The highest BCUT2D eigenvalue weighted by molar-refractivity contribution is 5.76. The molecule has 0 spiro atoms. The number of urea groups is 1. The summed E-state index contributed by atoms with van der Waals surface area (Å²) in [6, 6.07) is 5.55. The molecule has 0 bridgehead atoms. The first-order valence-electron chi connectivity index (χ1n) is 6.99. The molecule has 0 saturated carbocycles. The second-order valence-corrected chi connectivity index (χ2v) is 5.09. The van der Waals surface area contributed by atoms with Gasteiger partial charge in [-0.05, 0) is 12.1 Å². The van der Waals surface area contributed by atoms with Gasteiger partial charge in [0.05, 0.1) is 5.92 Å². The third-order valence-electron chi connectivity index (χ3n) is 3.52. The zero-order valence-electron chi connectivity index (χ0n) is 12.0. The minimum atomic E-state index is -0.907. The van der Waals surface area contributed by atoms with E-state index in [1.54, 1.807) is 18.0 Å². The molecule has 1 aromatic heterocycles. The van der Waals surface area contributed by atoms with Crippen molar-refractivity contribution in [3.63, 3.8) is 0 Å². The molecule has 2 heterocycles. The summed E-state index contributed by atoms with van der Waals surface area (Å²) in [5.41, 5.74) is 0. The van der Waals surface area contributed by atoms with E-state index in [2.05, 4.69) is 15.2 Å². The number of anilines is 1. The first-order valence-corrected chi connectivity index (χ1v) is 6.99. The zero-order valence-corrected chi connectivity index (χ0v) is 12.0. The number of rotatable bonds is 4. The van der Waals surface area contributed by atoms with Gasteiger partial charge in [-0.25, -0.2) is 9.78 Å². The average Bonchev–Trinajstić information content (AvgIpc) is 2.53. The van der Waals surface area contributed by atoms with Gasteiger partial charge in [0.1, 0.15) is 5.82 Å². The molecule has 1 atom stereocenters. The molecule has 1 unspecified atom stereocenters. The highest BCUT2D eigenvalue weighted by Crippen LogP contribution is 2.12. The first-order chi connectivity index (χ1) is 10.1. The molecule has 0 radical (unpaired) electrons. The van der Waals surface area contributed by atoms with E-state index in [9.17, 15) is 9.59 Å². The number of carboxylic acid groups (broad SMARTS) is 1. The summed E-state index contributed by atoms with van der Waals surface area (Å²) >= 11 is 0. The van der Waals surface area contributed by atoms with Crippen LogP contribution in [0, 0.1) is 5.92 Å². The number of carbonyl (C=O) groups is 2. The number of amides is 2.